The number of unbranched alkanes of at least 4 members (excludes halogenated alkanes) is 1. The molecule has 0 heterocycles. The van der Waals surface area contributed by atoms with Gasteiger partial charge in [0.05, 0.1) is 0 Å². The molecular formula is C15H24OSSiTe. The van der Waals surface area contributed by atoms with Crippen LogP contribution in [0.5, 0.6) is 0 Å². The van der Waals surface area contributed by atoms with Crippen LogP contribution in [0.1, 0.15) is 19.8 Å². The topological polar surface area (TPSA) is 9.23 Å². The van der Waals surface area contributed by atoms with Gasteiger partial charge in [0.2, 0.25) is 0 Å². The van der Waals surface area contributed by atoms with Crippen LogP contribution in [0.3, 0.4) is 0 Å². The third-order valence-corrected chi connectivity index (χ3v) is 7.61. The van der Waals surface area contributed by atoms with Crippen molar-refractivity contribution >= 4 is 41.0 Å². The van der Waals surface area contributed by atoms with E-state index in [1.807, 2.05) is 0 Å². The fourth-order valence-electron chi connectivity index (χ4n) is 1.32. The zero-order valence-corrected chi connectivity index (χ0v) is 16.5. The molecule has 1 nitrogen and oxygen atoms in total. The average Bonchev–Trinajstić information content (AvgIpc) is 2.36. The van der Waals surface area contributed by atoms with E-state index in [2.05, 4.69) is 62.3 Å². The van der Waals surface area contributed by atoms with Gasteiger partial charge in [-0.25, -0.2) is 0 Å². The monoisotopic (exact) mass is 410 g/mol. The molecule has 0 amide bonds. The first-order valence-corrected chi connectivity index (χ1v) is 13.8. The summed E-state index contributed by atoms with van der Waals surface area (Å²) in [6, 6.07) is 10.5. The molecule has 1 aromatic rings. The molecule has 0 aliphatic heterocycles. The van der Waals surface area contributed by atoms with Gasteiger partial charge < -0.3 is 0 Å². The Morgan fingerprint density at radius 2 is 1.95 bits per heavy atom. The molecule has 0 aromatic heterocycles. The molecule has 0 aliphatic rings. The Morgan fingerprint density at radius 1 is 1.26 bits per heavy atom. The van der Waals surface area contributed by atoms with Gasteiger partial charge in [0.25, 0.3) is 0 Å². The molecule has 1 aromatic carbocycles. The number of rotatable bonds is 8. The summed E-state index contributed by atoms with van der Waals surface area (Å²) in [4.78, 5) is 1.29. The first-order chi connectivity index (χ1) is 9.01. The van der Waals surface area contributed by atoms with Crippen LogP contribution in [0.15, 0.2) is 44.4 Å². The molecule has 0 aliphatic carbocycles. The van der Waals surface area contributed by atoms with Gasteiger partial charge in [-0.1, -0.05) is 0 Å². The number of thioether (sulfide) groups is 1. The van der Waals surface area contributed by atoms with Crippen LogP contribution in [-0.4, -0.2) is 29.2 Å². The van der Waals surface area contributed by atoms with Crippen molar-refractivity contribution in [3.63, 3.8) is 0 Å². The Balaban J connectivity index is 2.60. The van der Waals surface area contributed by atoms with Crippen molar-refractivity contribution in [2.75, 3.05) is 0 Å². The molecule has 0 unspecified atom stereocenters. The van der Waals surface area contributed by atoms with E-state index in [0.29, 0.717) is 0 Å². The zero-order valence-electron chi connectivity index (χ0n) is 12.3. The maximum absolute atomic E-state index is 6.24. The fraction of sp³-hybridized carbons (Fsp3) is 0.467. The quantitative estimate of drug-likeness (QED) is 0.248. The number of benzene rings is 1. The van der Waals surface area contributed by atoms with Crippen LogP contribution in [0.2, 0.25) is 24.1 Å². The summed E-state index contributed by atoms with van der Waals surface area (Å²) in [6.45, 7) is 9.05. The second kappa shape index (κ2) is 9.13. The minimum atomic E-state index is -1.47. The number of hydrogen-bond donors (Lipinski definition) is 0. The van der Waals surface area contributed by atoms with E-state index in [1.54, 1.807) is 11.8 Å². The molecule has 19 heavy (non-hydrogen) atoms. The standard InChI is InChI=1S/C15H24OSSiTe/c1-5-6-12-19-15(16-18(2,3)4)13-17-14-10-8-7-9-11-14/h7-11,13H,5-6,12H2,1-4H3/b15-13-. The van der Waals surface area contributed by atoms with Crippen molar-refractivity contribution in [3.05, 3.63) is 39.5 Å². The van der Waals surface area contributed by atoms with Crippen molar-refractivity contribution < 1.29 is 4.43 Å². The second-order valence-electron chi connectivity index (χ2n) is 5.28. The fourth-order valence-corrected chi connectivity index (χ4v) is 8.24. The SMILES string of the molecule is CCCC[Te]/C(=C\Sc1ccccc1)O[Si](C)(C)C. The van der Waals surface area contributed by atoms with Crippen molar-refractivity contribution in [1.29, 1.82) is 0 Å². The normalized spacial score (nSPS) is 12.5. The summed E-state index contributed by atoms with van der Waals surface area (Å²) in [7, 11) is -1.47. The van der Waals surface area contributed by atoms with Crippen molar-refractivity contribution in [3.8, 4) is 0 Å². The van der Waals surface area contributed by atoms with Gasteiger partial charge in [0.15, 0.2) is 0 Å². The molecule has 0 saturated heterocycles. The Hall–Kier alpha value is 0.116. The van der Waals surface area contributed by atoms with Crippen LogP contribution < -0.4 is 0 Å². The van der Waals surface area contributed by atoms with E-state index < -0.39 is 8.32 Å². The molecular weight excluding hydrogens is 384 g/mol. The van der Waals surface area contributed by atoms with Crippen LogP contribution >= 0.6 is 11.8 Å². The predicted octanol–water partition coefficient (Wildman–Crippen LogP) is 5.35. The maximum atomic E-state index is 6.24. The van der Waals surface area contributed by atoms with Crippen molar-refractivity contribution in [2.45, 2.75) is 48.8 Å². The van der Waals surface area contributed by atoms with Crippen molar-refractivity contribution in [1.82, 2.24) is 0 Å². The van der Waals surface area contributed by atoms with Gasteiger partial charge in [0, 0.05) is 0 Å². The molecule has 0 saturated carbocycles. The average molecular weight is 408 g/mol. The van der Waals surface area contributed by atoms with E-state index in [4.69, 9.17) is 4.43 Å². The summed E-state index contributed by atoms with van der Waals surface area (Å²) < 4.78 is 8.90. The van der Waals surface area contributed by atoms with Gasteiger partial charge in [-0.2, -0.15) is 0 Å². The van der Waals surface area contributed by atoms with Crippen LogP contribution in [0.25, 0.3) is 0 Å². The third-order valence-electron chi connectivity index (χ3n) is 2.18. The van der Waals surface area contributed by atoms with Crippen LogP contribution in [0.4, 0.5) is 0 Å². The van der Waals surface area contributed by atoms with Gasteiger partial charge >= 0.3 is 134 Å². The molecule has 0 spiro atoms. The van der Waals surface area contributed by atoms with Gasteiger partial charge in [0.1, 0.15) is 0 Å². The van der Waals surface area contributed by atoms with Crippen LogP contribution in [-0.2, 0) is 4.43 Å². The van der Waals surface area contributed by atoms with Gasteiger partial charge in [-0.15, -0.1) is 0 Å². The van der Waals surface area contributed by atoms with E-state index >= 15 is 0 Å². The molecule has 1 rings (SSSR count). The van der Waals surface area contributed by atoms with Crippen LogP contribution in [0, 0.1) is 0 Å². The molecule has 4 heteroatoms. The zero-order chi connectivity index (χ0) is 14.1. The summed E-state index contributed by atoms with van der Waals surface area (Å²) in [5.74, 6) is 0. The summed E-state index contributed by atoms with van der Waals surface area (Å²) >= 11 is 1.65. The molecule has 106 valence electrons. The summed E-state index contributed by atoms with van der Waals surface area (Å²) in [5, 5.41) is 2.26. The number of hydrogen-bond acceptors (Lipinski definition) is 2. The Kier molecular flexibility index (Phi) is 8.25. The summed E-state index contributed by atoms with van der Waals surface area (Å²) in [5.41, 5.74) is 0. The predicted molar refractivity (Wildman–Crippen MR) is 90.3 cm³/mol. The van der Waals surface area contributed by atoms with Gasteiger partial charge in [-0.3, -0.25) is 0 Å². The molecule has 0 N–H and O–H groups in total. The molecule has 0 bridgehead atoms. The van der Waals surface area contributed by atoms with Gasteiger partial charge in [-0.05, 0) is 0 Å². The molecule has 0 fully saturated rings. The molecule has 0 radical (unpaired) electrons. The van der Waals surface area contributed by atoms with E-state index in [9.17, 15) is 0 Å². The Bertz CT molecular complexity index is 387. The van der Waals surface area contributed by atoms with E-state index in [1.165, 1.54) is 26.0 Å². The Morgan fingerprint density at radius 3 is 2.53 bits per heavy atom. The third kappa shape index (κ3) is 8.81. The Labute approximate surface area is 133 Å². The second-order valence-corrected chi connectivity index (χ2v) is 13.8. The van der Waals surface area contributed by atoms with Crippen molar-refractivity contribution in [2.24, 2.45) is 0 Å². The minimum absolute atomic E-state index is 0.146. The van der Waals surface area contributed by atoms with E-state index in [-0.39, 0.29) is 20.9 Å². The van der Waals surface area contributed by atoms with E-state index in [0.717, 1.165) is 0 Å². The first kappa shape index (κ1) is 17.2. The summed E-state index contributed by atoms with van der Waals surface area (Å²) in [6.07, 6.45) is 2.63. The molecule has 0 atom stereocenters. The first-order valence-electron chi connectivity index (χ1n) is 6.75.